The SMILES string of the molecule is CCC(N)CC(=O)N1CCCC(OC)C1. The van der Waals surface area contributed by atoms with E-state index in [1.165, 1.54) is 0 Å². The van der Waals surface area contributed by atoms with Crippen LogP contribution in [0.25, 0.3) is 0 Å². The number of hydrogen-bond donors (Lipinski definition) is 1. The molecule has 2 unspecified atom stereocenters. The number of carbonyl (C=O) groups excluding carboxylic acids is 1. The van der Waals surface area contributed by atoms with Crippen LogP contribution in [0.4, 0.5) is 0 Å². The number of likely N-dealkylation sites (tertiary alicyclic amines) is 1. The standard InChI is InChI=1S/C11H22N2O2/c1-3-9(12)7-11(14)13-6-4-5-10(8-13)15-2/h9-10H,3-8,12H2,1-2H3. The first-order valence-electron chi connectivity index (χ1n) is 5.73. The van der Waals surface area contributed by atoms with Crippen LogP contribution in [-0.2, 0) is 9.53 Å². The molecule has 1 heterocycles. The number of nitrogens with two attached hydrogens (primary N) is 1. The smallest absolute Gasteiger partial charge is 0.224 e. The molecule has 1 aliphatic rings. The molecule has 0 aromatic rings. The van der Waals surface area contributed by atoms with Gasteiger partial charge in [0.05, 0.1) is 6.10 Å². The van der Waals surface area contributed by atoms with Crippen LogP contribution < -0.4 is 5.73 Å². The van der Waals surface area contributed by atoms with Crippen LogP contribution in [0.3, 0.4) is 0 Å². The highest BCUT2D eigenvalue weighted by atomic mass is 16.5. The van der Waals surface area contributed by atoms with E-state index in [9.17, 15) is 4.79 Å². The Hall–Kier alpha value is -0.610. The van der Waals surface area contributed by atoms with E-state index in [1.807, 2.05) is 11.8 Å². The van der Waals surface area contributed by atoms with Gasteiger partial charge in [0, 0.05) is 32.7 Å². The number of methoxy groups -OCH3 is 1. The first-order chi connectivity index (χ1) is 7.17. The van der Waals surface area contributed by atoms with Gasteiger partial charge in [-0.2, -0.15) is 0 Å². The van der Waals surface area contributed by atoms with E-state index >= 15 is 0 Å². The molecule has 0 spiro atoms. The van der Waals surface area contributed by atoms with Gasteiger partial charge in [0.15, 0.2) is 0 Å². The van der Waals surface area contributed by atoms with Crippen LogP contribution in [0.15, 0.2) is 0 Å². The Morgan fingerprint density at radius 2 is 2.40 bits per heavy atom. The highest BCUT2D eigenvalue weighted by Crippen LogP contribution is 2.14. The number of carbonyl (C=O) groups is 1. The van der Waals surface area contributed by atoms with E-state index in [0.29, 0.717) is 6.42 Å². The summed E-state index contributed by atoms with van der Waals surface area (Å²) in [6.45, 7) is 3.59. The molecule has 4 heteroatoms. The van der Waals surface area contributed by atoms with Gasteiger partial charge in [0.25, 0.3) is 0 Å². The van der Waals surface area contributed by atoms with Crippen LogP contribution >= 0.6 is 0 Å². The minimum absolute atomic E-state index is 0.000390. The van der Waals surface area contributed by atoms with Crippen molar-refractivity contribution in [2.45, 2.75) is 44.8 Å². The van der Waals surface area contributed by atoms with Crippen molar-refractivity contribution in [3.8, 4) is 0 Å². The van der Waals surface area contributed by atoms with Gasteiger partial charge in [-0.3, -0.25) is 4.79 Å². The van der Waals surface area contributed by atoms with Crippen molar-refractivity contribution in [1.29, 1.82) is 0 Å². The lowest BCUT2D eigenvalue weighted by Crippen LogP contribution is -2.44. The van der Waals surface area contributed by atoms with Crippen molar-refractivity contribution >= 4 is 5.91 Å². The first kappa shape index (κ1) is 12.5. The van der Waals surface area contributed by atoms with E-state index in [-0.39, 0.29) is 18.1 Å². The number of hydrogen-bond acceptors (Lipinski definition) is 3. The summed E-state index contributed by atoms with van der Waals surface area (Å²) in [7, 11) is 1.70. The van der Waals surface area contributed by atoms with Crippen LogP contribution in [0.1, 0.15) is 32.6 Å². The Balaban J connectivity index is 2.38. The summed E-state index contributed by atoms with van der Waals surface area (Å²) < 4.78 is 5.28. The van der Waals surface area contributed by atoms with Crippen molar-refractivity contribution < 1.29 is 9.53 Å². The van der Waals surface area contributed by atoms with Gasteiger partial charge in [-0.15, -0.1) is 0 Å². The first-order valence-corrected chi connectivity index (χ1v) is 5.73. The Bertz CT molecular complexity index is 209. The molecule has 0 aliphatic carbocycles. The fourth-order valence-electron chi connectivity index (χ4n) is 1.85. The normalized spacial score (nSPS) is 23.9. The lowest BCUT2D eigenvalue weighted by molar-refractivity contribution is -0.135. The largest absolute Gasteiger partial charge is 0.380 e. The molecule has 1 saturated heterocycles. The monoisotopic (exact) mass is 214 g/mol. The van der Waals surface area contributed by atoms with Crippen molar-refractivity contribution in [2.24, 2.45) is 5.73 Å². The molecule has 2 atom stereocenters. The zero-order valence-corrected chi connectivity index (χ0v) is 9.74. The number of ether oxygens (including phenoxy) is 1. The summed E-state index contributed by atoms with van der Waals surface area (Å²) in [4.78, 5) is 13.7. The summed E-state index contributed by atoms with van der Waals surface area (Å²) >= 11 is 0. The molecule has 0 radical (unpaired) electrons. The van der Waals surface area contributed by atoms with Crippen LogP contribution in [-0.4, -0.2) is 43.2 Å². The fourth-order valence-corrected chi connectivity index (χ4v) is 1.85. The molecule has 1 amide bonds. The van der Waals surface area contributed by atoms with Gasteiger partial charge in [-0.05, 0) is 19.3 Å². The average molecular weight is 214 g/mol. The van der Waals surface area contributed by atoms with Crippen LogP contribution in [0.2, 0.25) is 0 Å². The molecule has 4 nitrogen and oxygen atoms in total. The molecule has 2 N–H and O–H groups in total. The van der Waals surface area contributed by atoms with E-state index in [2.05, 4.69) is 0 Å². The molecular weight excluding hydrogens is 192 g/mol. The predicted molar refractivity (Wildman–Crippen MR) is 59.5 cm³/mol. The van der Waals surface area contributed by atoms with Gasteiger partial charge in [-0.1, -0.05) is 6.92 Å². The van der Waals surface area contributed by atoms with Crippen molar-refractivity contribution in [1.82, 2.24) is 4.90 Å². The van der Waals surface area contributed by atoms with Crippen LogP contribution in [0.5, 0.6) is 0 Å². The van der Waals surface area contributed by atoms with E-state index in [1.54, 1.807) is 7.11 Å². The quantitative estimate of drug-likeness (QED) is 0.751. The third kappa shape index (κ3) is 3.80. The number of nitrogens with zero attached hydrogens (tertiary/aromatic N) is 1. The fraction of sp³-hybridized carbons (Fsp3) is 0.909. The van der Waals surface area contributed by atoms with Crippen molar-refractivity contribution in [3.05, 3.63) is 0 Å². The predicted octanol–water partition coefficient (Wildman–Crippen LogP) is 0.751. The Morgan fingerprint density at radius 3 is 3.00 bits per heavy atom. The minimum Gasteiger partial charge on any atom is -0.380 e. The summed E-state index contributed by atoms with van der Waals surface area (Å²) in [5, 5.41) is 0. The van der Waals surface area contributed by atoms with E-state index in [4.69, 9.17) is 10.5 Å². The molecule has 1 fully saturated rings. The molecule has 1 rings (SSSR count). The molecule has 0 saturated carbocycles. The summed E-state index contributed by atoms with van der Waals surface area (Å²) in [6, 6.07) is 0.000390. The second-order valence-electron chi connectivity index (χ2n) is 4.21. The molecule has 0 aromatic carbocycles. The summed E-state index contributed by atoms with van der Waals surface area (Å²) in [5.74, 6) is 0.172. The Labute approximate surface area is 91.8 Å². The van der Waals surface area contributed by atoms with Gasteiger partial charge < -0.3 is 15.4 Å². The third-order valence-corrected chi connectivity index (χ3v) is 3.03. The number of rotatable bonds is 4. The van der Waals surface area contributed by atoms with E-state index in [0.717, 1.165) is 32.4 Å². The number of piperidine rings is 1. The molecular formula is C11H22N2O2. The maximum absolute atomic E-state index is 11.8. The van der Waals surface area contributed by atoms with E-state index < -0.39 is 0 Å². The highest BCUT2D eigenvalue weighted by molar-refractivity contribution is 5.76. The zero-order valence-electron chi connectivity index (χ0n) is 9.74. The number of amides is 1. The Kier molecular flexibility index (Phi) is 5.05. The maximum atomic E-state index is 11.8. The minimum atomic E-state index is 0.000390. The van der Waals surface area contributed by atoms with Crippen molar-refractivity contribution in [3.63, 3.8) is 0 Å². The third-order valence-electron chi connectivity index (χ3n) is 3.03. The van der Waals surface area contributed by atoms with Crippen LogP contribution in [0, 0.1) is 0 Å². The maximum Gasteiger partial charge on any atom is 0.224 e. The van der Waals surface area contributed by atoms with Gasteiger partial charge in [-0.25, -0.2) is 0 Å². The van der Waals surface area contributed by atoms with Gasteiger partial charge >= 0.3 is 0 Å². The molecule has 88 valence electrons. The second-order valence-corrected chi connectivity index (χ2v) is 4.21. The molecule has 0 aromatic heterocycles. The Morgan fingerprint density at radius 1 is 1.67 bits per heavy atom. The average Bonchev–Trinajstić information content (AvgIpc) is 2.28. The zero-order chi connectivity index (χ0) is 11.3. The lowest BCUT2D eigenvalue weighted by atomic mass is 10.1. The second kappa shape index (κ2) is 6.08. The molecule has 15 heavy (non-hydrogen) atoms. The molecule has 1 aliphatic heterocycles. The lowest BCUT2D eigenvalue weighted by Gasteiger charge is -2.32. The van der Waals surface area contributed by atoms with Gasteiger partial charge in [0.2, 0.25) is 5.91 Å². The van der Waals surface area contributed by atoms with Crippen molar-refractivity contribution in [2.75, 3.05) is 20.2 Å². The molecule has 0 bridgehead atoms. The summed E-state index contributed by atoms with van der Waals surface area (Å²) in [6.07, 6.45) is 3.62. The summed E-state index contributed by atoms with van der Waals surface area (Å²) in [5.41, 5.74) is 5.77. The highest BCUT2D eigenvalue weighted by Gasteiger charge is 2.23. The van der Waals surface area contributed by atoms with Gasteiger partial charge in [0.1, 0.15) is 0 Å². The topological polar surface area (TPSA) is 55.6 Å².